The molecule has 1 saturated carbocycles. The van der Waals surface area contributed by atoms with Gasteiger partial charge < -0.3 is 10.1 Å². The minimum atomic E-state index is -0.0223. The highest BCUT2D eigenvalue weighted by atomic mass is 16.5. The van der Waals surface area contributed by atoms with Gasteiger partial charge in [0, 0.05) is 19.5 Å². The molecule has 3 nitrogen and oxygen atoms in total. The molecule has 1 N–H and O–H groups in total. The van der Waals surface area contributed by atoms with Gasteiger partial charge in [-0.2, -0.15) is 0 Å². The van der Waals surface area contributed by atoms with E-state index in [-0.39, 0.29) is 11.6 Å². The van der Waals surface area contributed by atoms with Crippen molar-refractivity contribution in [2.75, 3.05) is 13.7 Å². The maximum Gasteiger partial charge on any atom is 0.0873 e. The maximum atomic E-state index is 5.79. The third-order valence-electron chi connectivity index (χ3n) is 3.77. The molecular weight excluding hydrogens is 212 g/mol. The van der Waals surface area contributed by atoms with E-state index in [1.54, 1.807) is 0 Å². The second-order valence-corrected chi connectivity index (χ2v) is 4.91. The number of aryl methyl sites for hydroxylation is 1. The third-order valence-corrected chi connectivity index (χ3v) is 3.77. The van der Waals surface area contributed by atoms with Crippen molar-refractivity contribution in [3.05, 3.63) is 29.6 Å². The zero-order chi connectivity index (χ0) is 12.3. The lowest BCUT2D eigenvalue weighted by Gasteiger charge is -2.47. The number of hydrogen-bond donors (Lipinski definition) is 1. The number of aromatic nitrogens is 1. The van der Waals surface area contributed by atoms with E-state index < -0.39 is 0 Å². The summed E-state index contributed by atoms with van der Waals surface area (Å²) in [7, 11) is 1.83. The van der Waals surface area contributed by atoms with Crippen LogP contribution in [-0.4, -0.2) is 24.2 Å². The van der Waals surface area contributed by atoms with Crippen LogP contribution in [0.5, 0.6) is 0 Å². The molecule has 0 spiro atoms. The van der Waals surface area contributed by atoms with E-state index in [4.69, 9.17) is 4.74 Å². The number of likely N-dealkylation sites (N-methyl/N-ethyl adjacent to an activating group) is 1. The van der Waals surface area contributed by atoms with Gasteiger partial charge in [0.2, 0.25) is 0 Å². The Balaban J connectivity index is 2.28. The van der Waals surface area contributed by atoms with Crippen molar-refractivity contribution >= 4 is 0 Å². The molecule has 0 aromatic carbocycles. The minimum absolute atomic E-state index is 0.0223. The standard InChI is InChI=1S/C14H22N2O/c1-4-16-13(14(17-3)6-5-7-14)12-8-11(2)9-15-10-12/h8-10,13,16H,4-7H2,1-3H3. The van der Waals surface area contributed by atoms with E-state index in [9.17, 15) is 0 Å². The zero-order valence-electron chi connectivity index (χ0n) is 11.0. The molecule has 1 aliphatic carbocycles. The van der Waals surface area contributed by atoms with Gasteiger partial charge in [0.15, 0.2) is 0 Å². The van der Waals surface area contributed by atoms with Crippen molar-refractivity contribution in [1.82, 2.24) is 10.3 Å². The van der Waals surface area contributed by atoms with E-state index in [0.717, 1.165) is 19.4 Å². The summed E-state index contributed by atoms with van der Waals surface area (Å²) in [6.45, 7) is 5.17. The van der Waals surface area contributed by atoms with Gasteiger partial charge in [-0.05, 0) is 43.9 Å². The second-order valence-electron chi connectivity index (χ2n) is 4.91. The van der Waals surface area contributed by atoms with Crippen molar-refractivity contribution in [2.24, 2.45) is 0 Å². The van der Waals surface area contributed by atoms with Crippen molar-refractivity contribution in [3.8, 4) is 0 Å². The van der Waals surface area contributed by atoms with E-state index in [1.165, 1.54) is 17.5 Å². The molecule has 0 amide bonds. The Morgan fingerprint density at radius 1 is 1.47 bits per heavy atom. The Morgan fingerprint density at radius 2 is 2.24 bits per heavy atom. The average Bonchev–Trinajstić information content (AvgIpc) is 2.27. The first-order valence-corrected chi connectivity index (χ1v) is 6.42. The average molecular weight is 234 g/mol. The molecule has 17 heavy (non-hydrogen) atoms. The monoisotopic (exact) mass is 234 g/mol. The Morgan fingerprint density at radius 3 is 2.71 bits per heavy atom. The number of rotatable bonds is 5. The minimum Gasteiger partial charge on any atom is -0.376 e. The summed E-state index contributed by atoms with van der Waals surface area (Å²) in [4.78, 5) is 4.30. The lowest BCUT2D eigenvalue weighted by atomic mass is 9.72. The summed E-state index contributed by atoms with van der Waals surface area (Å²) in [5.74, 6) is 0. The topological polar surface area (TPSA) is 34.2 Å². The van der Waals surface area contributed by atoms with Gasteiger partial charge in [-0.25, -0.2) is 0 Å². The summed E-state index contributed by atoms with van der Waals surface area (Å²) in [6, 6.07) is 2.47. The van der Waals surface area contributed by atoms with Crippen LogP contribution in [0.4, 0.5) is 0 Å². The highest BCUT2D eigenvalue weighted by molar-refractivity contribution is 5.24. The van der Waals surface area contributed by atoms with Crippen LogP contribution in [0.3, 0.4) is 0 Å². The molecule has 0 bridgehead atoms. The van der Waals surface area contributed by atoms with Crippen LogP contribution in [0, 0.1) is 6.92 Å². The molecule has 1 atom stereocenters. The lowest BCUT2D eigenvalue weighted by molar-refractivity contribution is -0.0995. The highest BCUT2D eigenvalue weighted by Crippen LogP contribution is 2.44. The largest absolute Gasteiger partial charge is 0.376 e. The quantitative estimate of drug-likeness (QED) is 0.850. The van der Waals surface area contributed by atoms with Gasteiger partial charge >= 0.3 is 0 Å². The molecule has 3 heteroatoms. The Bertz CT molecular complexity index is 369. The van der Waals surface area contributed by atoms with Crippen molar-refractivity contribution in [3.63, 3.8) is 0 Å². The SMILES string of the molecule is CCNC(c1cncc(C)c1)C1(OC)CCC1. The Hall–Kier alpha value is -0.930. The lowest BCUT2D eigenvalue weighted by Crippen LogP contribution is -2.50. The van der Waals surface area contributed by atoms with Crippen LogP contribution >= 0.6 is 0 Å². The molecule has 0 saturated heterocycles. The number of nitrogens with one attached hydrogen (secondary N) is 1. The predicted octanol–water partition coefficient (Wildman–Crippen LogP) is 2.61. The Kier molecular flexibility index (Phi) is 3.79. The van der Waals surface area contributed by atoms with E-state index in [1.807, 2.05) is 19.5 Å². The molecule has 1 aromatic heterocycles. The molecule has 1 unspecified atom stereocenters. The van der Waals surface area contributed by atoms with E-state index in [2.05, 4.69) is 30.2 Å². The normalized spacial score (nSPS) is 19.7. The van der Waals surface area contributed by atoms with Crippen molar-refractivity contribution in [1.29, 1.82) is 0 Å². The zero-order valence-corrected chi connectivity index (χ0v) is 11.0. The summed E-state index contributed by atoms with van der Waals surface area (Å²) in [5, 5.41) is 3.55. The van der Waals surface area contributed by atoms with Crippen LogP contribution in [0.1, 0.15) is 43.4 Å². The summed E-state index contributed by atoms with van der Waals surface area (Å²) < 4.78 is 5.79. The number of methoxy groups -OCH3 is 1. The highest BCUT2D eigenvalue weighted by Gasteiger charge is 2.44. The fraction of sp³-hybridized carbons (Fsp3) is 0.643. The third kappa shape index (κ3) is 2.35. The van der Waals surface area contributed by atoms with Crippen LogP contribution in [0.25, 0.3) is 0 Å². The molecule has 1 aliphatic rings. The number of ether oxygens (including phenoxy) is 1. The first-order chi connectivity index (χ1) is 8.22. The summed E-state index contributed by atoms with van der Waals surface area (Å²) in [6.07, 6.45) is 7.38. The molecule has 1 fully saturated rings. The number of hydrogen-bond acceptors (Lipinski definition) is 3. The van der Waals surface area contributed by atoms with Crippen LogP contribution in [0.15, 0.2) is 18.5 Å². The van der Waals surface area contributed by atoms with Gasteiger partial charge in [-0.15, -0.1) is 0 Å². The van der Waals surface area contributed by atoms with E-state index >= 15 is 0 Å². The van der Waals surface area contributed by atoms with Gasteiger partial charge in [0.25, 0.3) is 0 Å². The predicted molar refractivity (Wildman–Crippen MR) is 69.0 cm³/mol. The molecule has 0 radical (unpaired) electrons. The van der Waals surface area contributed by atoms with Crippen molar-refractivity contribution < 1.29 is 4.74 Å². The Labute approximate surface area is 104 Å². The van der Waals surface area contributed by atoms with Crippen molar-refractivity contribution in [2.45, 2.75) is 44.8 Å². The van der Waals surface area contributed by atoms with Gasteiger partial charge in [0.1, 0.15) is 0 Å². The smallest absolute Gasteiger partial charge is 0.0873 e. The summed E-state index contributed by atoms with van der Waals surface area (Å²) >= 11 is 0. The fourth-order valence-electron chi connectivity index (χ4n) is 2.68. The summed E-state index contributed by atoms with van der Waals surface area (Å²) in [5.41, 5.74) is 2.43. The number of nitrogens with zero attached hydrogens (tertiary/aromatic N) is 1. The van der Waals surface area contributed by atoms with Gasteiger partial charge in [-0.3, -0.25) is 4.98 Å². The first-order valence-electron chi connectivity index (χ1n) is 6.42. The molecule has 94 valence electrons. The van der Waals surface area contributed by atoms with Gasteiger partial charge in [0.05, 0.1) is 11.6 Å². The maximum absolute atomic E-state index is 5.79. The van der Waals surface area contributed by atoms with Crippen LogP contribution in [0.2, 0.25) is 0 Å². The molecule has 0 aliphatic heterocycles. The van der Waals surface area contributed by atoms with Gasteiger partial charge in [-0.1, -0.05) is 13.0 Å². The second kappa shape index (κ2) is 5.15. The fourth-order valence-corrected chi connectivity index (χ4v) is 2.68. The molecule has 1 heterocycles. The van der Waals surface area contributed by atoms with E-state index in [0.29, 0.717) is 0 Å². The molecular formula is C14H22N2O. The number of pyridine rings is 1. The molecule has 2 rings (SSSR count). The molecule has 1 aromatic rings. The van der Waals surface area contributed by atoms with Crippen LogP contribution < -0.4 is 5.32 Å². The van der Waals surface area contributed by atoms with Crippen LogP contribution in [-0.2, 0) is 4.74 Å². The first kappa shape index (κ1) is 12.5.